The second-order valence-electron chi connectivity index (χ2n) is 5.61. The molecule has 0 bridgehead atoms. The molecule has 0 fully saturated rings. The third-order valence-electron chi connectivity index (χ3n) is 4.24. The molecule has 1 unspecified atom stereocenters. The van der Waals surface area contributed by atoms with Crippen LogP contribution in [0.1, 0.15) is 23.5 Å². The molecule has 3 aromatic rings. The van der Waals surface area contributed by atoms with Crippen LogP contribution in [0, 0.1) is 3.57 Å². The van der Waals surface area contributed by atoms with Crippen molar-refractivity contribution in [1.82, 2.24) is 0 Å². The number of anilines is 1. The fourth-order valence-corrected chi connectivity index (χ4v) is 3.79. The van der Waals surface area contributed by atoms with E-state index < -0.39 is 0 Å². The lowest BCUT2D eigenvalue weighted by atomic mass is 9.83. The van der Waals surface area contributed by atoms with Crippen molar-refractivity contribution in [3.8, 4) is 0 Å². The first-order valence-electron chi connectivity index (χ1n) is 7.29. The van der Waals surface area contributed by atoms with E-state index >= 15 is 0 Å². The predicted octanol–water partition coefficient (Wildman–Crippen LogP) is 4.92. The largest absolute Gasteiger partial charge is 0.325 e. The van der Waals surface area contributed by atoms with Gasteiger partial charge in [-0.2, -0.15) is 0 Å². The van der Waals surface area contributed by atoms with Gasteiger partial charge < -0.3 is 5.32 Å². The van der Waals surface area contributed by atoms with E-state index in [1.807, 2.05) is 12.1 Å². The van der Waals surface area contributed by atoms with Gasteiger partial charge >= 0.3 is 0 Å². The molecule has 1 N–H and O–H groups in total. The standard InChI is InChI=1S/C19H14INO/c20-14-6-3-5-13(10-14)17-11-18(22)21-19-15-7-2-1-4-12(15)8-9-16(17)19/h1-10,17H,11H2,(H,21,22). The Morgan fingerprint density at radius 3 is 2.73 bits per heavy atom. The molecule has 3 aromatic carbocycles. The van der Waals surface area contributed by atoms with Gasteiger partial charge in [0.05, 0.1) is 5.69 Å². The van der Waals surface area contributed by atoms with Crippen molar-refractivity contribution >= 4 is 45.0 Å². The molecule has 0 radical (unpaired) electrons. The number of rotatable bonds is 1. The first kappa shape index (κ1) is 13.8. The normalized spacial score (nSPS) is 17.1. The Labute approximate surface area is 142 Å². The molecule has 0 saturated heterocycles. The van der Waals surface area contributed by atoms with E-state index in [1.165, 1.54) is 14.7 Å². The number of halogens is 1. The van der Waals surface area contributed by atoms with Gasteiger partial charge in [-0.1, -0.05) is 48.5 Å². The molecular formula is C19H14INO. The van der Waals surface area contributed by atoms with Crippen molar-refractivity contribution in [2.45, 2.75) is 12.3 Å². The summed E-state index contributed by atoms with van der Waals surface area (Å²) in [6.45, 7) is 0. The van der Waals surface area contributed by atoms with Crippen LogP contribution in [0.25, 0.3) is 10.8 Å². The van der Waals surface area contributed by atoms with E-state index in [0.29, 0.717) is 6.42 Å². The fourth-order valence-electron chi connectivity index (χ4n) is 3.22. The SMILES string of the molecule is O=C1CC(c2cccc(I)c2)c2ccc3ccccc3c2N1. The quantitative estimate of drug-likeness (QED) is 0.579. The summed E-state index contributed by atoms with van der Waals surface area (Å²) in [6, 6.07) is 20.9. The summed E-state index contributed by atoms with van der Waals surface area (Å²) in [4.78, 5) is 12.2. The number of benzene rings is 3. The van der Waals surface area contributed by atoms with Crippen LogP contribution in [-0.4, -0.2) is 5.91 Å². The van der Waals surface area contributed by atoms with Gasteiger partial charge in [0.15, 0.2) is 0 Å². The summed E-state index contributed by atoms with van der Waals surface area (Å²) in [6.07, 6.45) is 0.505. The molecule has 1 aliphatic rings. The molecule has 2 nitrogen and oxygen atoms in total. The van der Waals surface area contributed by atoms with Crippen LogP contribution in [0.2, 0.25) is 0 Å². The molecule has 4 rings (SSSR count). The highest BCUT2D eigenvalue weighted by Gasteiger charge is 2.27. The molecule has 108 valence electrons. The zero-order valence-electron chi connectivity index (χ0n) is 11.8. The maximum absolute atomic E-state index is 12.2. The molecule has 1 heterocycles. The Bertz CT molecular complexity index is 887. The highest BCUT2D eigenvalue weighted by Crippen LogP contribution is 2.41. The monoisotopic (exact) mass is 399 g/mol. The Kier molecular flexibility index (Phi) is 3.37. The number of hydrogen-bond acceptors (Lipinski definition) is 1. The van der Waals surface area contributed by atoms with E-state index in [2.05, 4.69) is 76.4 Å². The van der Waals surface area contributed by atoms with Crippen LogP contribution in [0.4, 0.5) is 5.69 Å². The van der Waals surface area contributed by atoms with Gasteiger partial charge in [-0.3, -0.25) is 4.79 Å². The highest BCUT2D eigenvalue weighted by molar-refractivity contribution is 14.1. The smallest absolute Gasteiger partial charge is 0.225 e. The first-order valence-corrected chi connectivity index (χ1v) is 8.37. The summed E-state index contributed by atoms with van der Waals surface area (Å²) in [5.41, 5.74) is 3.39. The van der Waals surface area contributed by atoms with E-state index in [1.54, 1.807) is 0 Å². The number of carbonyl (C=O) groups excluding carboxylic acids is 1. The summed E-state index contributed by atoms with van der Waals surface area (Å²) >= 11 is 2.32. The molecule has 1 atom stereocenters. The third kappa shape index (κ3) is 2.29. The van der Waals surface area contributed by atoms with Crippen LogP contribution in [0.5, 0.6) is 0 Å². The molecular weight excluding hydrogens is 385 g/mol. The molecule has 0 spiro atoms. The van der Waals surface area contributed by atoms with Crippen molar-refractivity contribution in [2.24, 2.45) is 0 Å². The van der Waals surface area contributed by atoms with Gasteiger partial charge in [0.1, 0.15) is 0 Å². The summed E-state index contributed by atoms with van der Waals surface area (Å²) in [5.74, 6) is 0.218. The molecule has 0 aliphatic carbocycles. The summed E-state index contributed by atoms with van der Waals surface area (Å²) in [7, 11) is 0. The van der Waals surface area contributed by atoms with Crippen LogP contribution >= 0.6 is 22.6 Å². The Hall–Kier alpha value is -1.88. The fraction of sp³-hybridized carbons (Fsp3) is 0.105. The maximum Gasteiger partial charge on any atom is 0.225 e. The van der Waals surface area contributed by atoms with Gasteiger partial charge in [-0.05, 0) is 51.2 Å². The van der Waals surface area contributed by atoms with E-state index in [0.717, 1.165) is 16.5 Å². The zero-order valence-corrected chi connectivity index (χ0v) is 14.0. The molecule has 1 amide bonds. The van der Waals surface area contributed by atoms with E-state index in [-0.39, 0.29) is 11.8 Å². The van der Waals surface area contributed by atoms with Crippen molar-refractivity contribution < 1.29 is 4.79 Å². The number of fused-ring (bicyclic) bond motifs is 3. The van der Waals surface area contributed by atoms with Crippen molar-refractivity contribution in [3.05, 3.63) is 75.4 Å². The van der Waals surface area contributed by atoms with E-state index in [4.69, 9.17) is 0 Å². The predicted molar refractivity (Wildman–Crippen MR) is 98.2 cm³/mol. The Morgan fingerprint density at radius 1 is 1.00 bits per heavy atom. The second kappa shape index (κ2) is 5.39. The van der Waals surface area contributed by atoms with Crippen LogP contribution in [0.3, 0.4) is 0 Å². The number of carbonyl (C=O) groups is 1. The number of nitrogens with one attached hydrogen (secondary N) is 1. The third-order valence-corrected chi connectivity index (χ3v) is 4.91. The average Bonchev–Trinajstić information content (AvgIpc) is 2.54. The van der Waals surface area contributed by atoms with Crippen molar-refractivity contribution in [3.63, 3.8) is 0 Å². The lowest BCUT2D eigenvalue weighted by Crippen LogP contribution is -2.23. The zero-order chi connectivity index (χ0) is 15.1. The Balaban J connectivity index is 1.94. The van der Waals surface area contributed by atoms with Crippen molar-refractivity contribution in [2.75, 3.05) is 5.32 Å². The maximum atomic E-state index is 12.2. The summed E-state index contributed by atoms with van der Waals surface area (Å²) in [5, 5.41) is 5.35. The lowest BCUT2D eigenvalue weighted by Gasteiger charge is -2.27. The van der Waals surface area contributed by atoms with Gasteiger partial charge in [0.25, 0.3) is 0 Å². The first-order chi connectivity index (χ1) is 10.7. The van der Waals surface area contributed by atoms with Gasteiger partial charge in [-0.15, -0.1) is 0 Å². The topological polar surface area (TPSA) is 29.1 Å². The lowest BCUT2D eigenvalue weighted by molar-refractivity contribution is -0.116. The van der Waals surface area contributed by atoms with Crippen LogP contribution < -0.4 is 5.32 Å². The number of amides is 1. The minimum Gasteiger partial charge on any atom is -0.325 e. The van der Waals surface area contributed by atoms with Gasteiger partial charge in [0, 0.05) is 21.3 Å². The van der Waals surface area contributed by atoms with Crippen LogP contribution in [-0.2, 0) is 4.79 Å². The second-order valence-corrected chi connectivity index (χ2v) is 6.86. The van der Waals surface area contributed by atoms with E-state index in [9.17, 15) is 4.79 Å². The van der Waals surface area contributed by atoms with Gasteiger partial charge in [0.2, 0.25) is 5.91 Å². The molecule has 0 aromatic heterocycles. The highest BCUT2D eigenvalue weighted by atomic mass is 127. The molecule has 22 heavy (non-hydrogen) atoms. The van der Waals surface area contributed by atoms with Crippen LogP contribution in [0.15, 0.2) is 60.7 Å². The van der Waals surface area contributed by atoms with Crippen molar-refractivity contribution in [1.29, 1.82) is 0 Å². The average molecular weight is 399 g/mol. The minimum absolute atomic E-state index is 0.0905. The molecule has 0 saturated carbocycles. The Morgan fingerprint density at radius 2 is 1.86 bits per heavy atom. The molecule has 1 aliphatic heterocycles. The molecule has 3 heteroatoms. The minimum atomic E-state index is 0.0905. The summed E-state index contributed by atoms with van der Waals surface area (Å²) < 4.78 is 1.20. The van der Waals surface area contributed by atoms with Gasteiger partial charge in [-0.25, -0.2) is 0 Å². The number of hydrogen-bond donors (Lipinski definition) is 1.